The van der Waals surface area contributed by atoms with Crippen molar-refractivity contribution < 1.29 is 10.0 Å². The summed E-state index contributed by atoms with van der Waals surface area (Å²) in [5, 5.41) is 10.1. The van der Waals surface area contributed by atoms with Gasteiger partial charge in [0.2, 0.25) is 0 Å². The predicted octanol–water partition coefficient (Wildman–Crippen LogP) is 1.65. The molecule has 0 atom stereocenters. The van der Waals surface area contributed by atoms with Crippen LogP contribution in [0.15, 0.2) is 24.3 Å². The second-order valence-electron chi connectivity index (χ2n) is 2.24. The number of carbonyl (C=O) groups is 1. The van der Waals surface area contributed by atoms with Crippen molar-refractivity contribution >= 4 is 11.5 Å². The Bertz CT molecular complexity index is 253. The Morgan fingerprint density at radius 2 is 1.82 bits per heavy atom. The van der Waals surface area contributed by atoms with E-state index >= 15 is 0 Å². The van der Waals surface area contributed by atoms with Crippen molar-refractivity contribution in [2.75, 3.05) is 5.48 Å². The molecule has 1 N–H and O–H groups in total. The SMILES string of the molecule is CC(=O)c1ccc(N[O])cc1. The van der Waals surface area contributed by atoms with Gasteiger partial charge >= 0.3 is 0 Å². The molecule has 0 fully saturated rings. The summed E-state index contributed by atoms with van der Waals surface area (Å²) in [4.78, 5) is 10.7. The summed E-state index contributed by atoms with van der Waals surface area (Å²) in [6, 6.07) is 6.37. The lowest BCUT2D eigenvalue weighted by Crippen LogP contribution is -1.92. The maximum Gasteiger partial charge on any atom is 0.159 e. The van der Waals surface area contributed by atoms with Crippen LogP contribution in [0.2, 0.25) is 0 Å². The van der Waals surface area contributed by atoms with E-state index in [1.165, 1.54) is 6.92 Å². The van der Waals surface area contributed by atoms with Crippen LogP contribution >= 0.6 is 0 Å². The van der Waals surface area contributed by atoms with Crippen LogP contribution < -0.4 is 5.48 Å². The molecule has 0 aliphatic carbocycles. The monoisotopic (exact) mass is 150 g/mol. The Morgan fingerprint density at radius 1 is 1.27 bits per heavy atom. The lowest BCUT2D eigenvalue weighted by Gasteiger charge is -1.96. The van der Waals surface area contributed by atoms with Gasteiger partial charge in [0.15, 0.2) is 5.78 Å². The van der Waals surface area contributed by atoms with E-state index in [4.69, 9.17) is 0 Å². The number of hydrogen-bond acceptors (Lipinski definition) is 2. The molecule has 0 spiro atoms. The molecule has 0 saturated carbocycles. The first-order valence-electron chi connectivity index (χ1n) is 3.23. The fourth-order valence-electron chi connectivity index (χ4n) is 0.773. The van der Waals surface area contributed by atoms with Crippen LogP contribution in [-0.4, -0.2) is 5.78 Å². The largest absolute Gasteiger partial charge is 0.295 e. The number of carbonyl (C=O) groups excluding carboxylic acids is 1. The molecule has 3 nitrogen and oxygen atoms in total. The molecule has 1 rings (SSSR count). The van der Waals surface area contributed by atoms with Crippen molar-refractivity contribution in [2.45, 2.75) is 6.92 Å². The van der Waals surface area contributed by atoms with Gasteiger partial charge in [0, 0.05) is 5.56 Å². The van der Waals surface area contributed by atoms with E-state index in [1.807, 2.05) is 0 Å². The third-order valence-corrected chi connectivity index (χ3v) is 1.41. The average Bonchev–Trinajstić information content (AvgIpc) is 2.05. The zero-order valence-electron chi connectivity index (χ0n) is 6.13. The molecule has 0 bridgehead atoms. The van der Waals surface area contributed by atoms with Gasteiger partial charge in [-0.3, -0.25) is 4.79 Å². The van der Waals surface area contributed by atoms with E-state index in [1.54, 1.807) is 29.7 Å². The molecule has 1 aromatic rings. The number of hydrogen-bond donors (Lipinski definition) is 1. The minimum Gasteiger partial charge on any atom is -0.295 e. The van der Waals surface area contributed by atoms with Crippen molar-refractivity contribution in [1.29, 1.82) is 0 Å². The number of anilines is 1. The van der Waals surface area contributed by atoms with Gasteiger partial charge in [-0.25, -0.2) is 5.48 Å². The smallest absolute Gasteiger partial charge is 0.159 e. The molecular weight excluding hydrogens is 142 g/mol. The molecular formula is C8H8NO2. The Hall–Kier alpha value is -1.35. The first-order valence-corrected chi connectivity index (χ1v) is 3.23. The molecule has 57 valence electrons. The molecule has 0 amide bonds. The minimum absolute atomic E-state index is 0.00227. The first-order chi connectivity index (χ1) is 5.24. The summed E-state index contributed by atoms with van der Waals surface area (Å²) in [6.45, 7) is 1.49. The summed E-state index contributed by atoms with van der Waals surface area (Å²) < 4.78 is 0. The molecule has 0 saturated heterocycles. The summed E-state index contributed by atoms with van der Waals surface area (Å²) in [7, 11) is 0. The molecule has 0 aliphatic rings. The third kappa shape index (κ3) is 1.78. The van der Waals surface area contributed by atoms with Crippen molar-refractivity contribution in [3.8, 4) is 0 Å². The Balaban J connectivity index is 2.91. The van der Waals surface area contributed by atoms with Crippen LogP contribution in [-0.2, 0) is 5.21 Å². The van der Waals surface area contributed by atoms with Gasteiger partial charge in [-0.05, 0) is 31.2 Å². The van der Waals surface area contributed by atoms with E-state index in [0.29, 0.717) is 11.3 Å². The highest BCUT2D eigenvalue weighted by Crippen LogP contribution is 2.08. The van der Waals surface area contributed by atoms with Gasteiger partial charge in [-0.1, -0.05) is 5.21 Å². The zero-order chi connectivity index (χ0) is 8.27. The molecule has 1 aromatic carbocycles. The van der Waals surface area contributed by atoms with Gasteiger partial charge in [0.1, 0.15) is 0 Å². The van der Waals surface area contributed by atoms with E-state index < -0.39 is 0 Å². The first kappa shape index (κ1) is 7.75. The number of Topliss-reactive ketones (excluding diaryl/α,β-unsaturated/α-hetero) is 1. The fraction of sp³-hybridized carbons (Fsp3) is 0.125. The Kier molecular flexibility index (Phi) is 2.23. The van der Waals surface area contributed by atoms with Crippen LogP contribution in [0, 0.1) is 0 Å². The molecule has 3 heteroatoms. The normalized spacial score (nSPS) is 9.27. The second-order valence-corrected chi connectivity index (χ2v) is 2.24. The lowest BCUT2D eigenvalue weighted by molar-refractivity contribution is 0.101. The Morgan fingerprint density at radius 3 is 2.18 bits per heavy atom. The summed E-state index contributed by atoms with van der Waals surface area (Å²) in [5.74, 6) is 0.00227. The average molecular weight is 150 g/mol. The summed E-state index contributed by atoms with van der Waals surface area (Å²) in [6.07, 6.45) is 0. The van der Waals surface area contributed by atoms with Crippen LogP contribution in [0.1, 0.15) is 17.3 Å². The standard InChI is InChI=1S/C8H8NO2/c1-6(10)7-2-4-8(9-11)5-3-7/h2-5,9H,1H3. The van der Waals surface area contributed by atoms with E-state index in [-0.39, 0.29) is 5.78 Å². The molecule has 11 heavy (non-hydrogen) atoms. The van der Waals surface area contributed by atoms with Crippen molar-refractivity contribution in [2.24, 2.45) is 0 Å². The lowest BCUT2D eigenvalue weighted by atomic mass is 10.1. The van der Waals surface area contributed by atoms with E-state index in [0.717, 1.165) is 0 Å². The van der Waals surface area contributed by atoms with E-state index in [2.05, 4.69) is 0 Å². The van der Waals surface area contributed by atoms with Gasteiger partial charge in [-0.2, -0.15) is 0 Å². The molecule has 0 aromatic heterocycles. The van der Waals surface area contributed by atoms with Gasteiger partial charge in [-0.15, -0.1) is 0 Å². The number of nitrogens with one attached hydrogen (secondary N) is 1. The zero-order valence-corrected chi connectivity index (χ0v) is 6.13. The third-order valence-electron chi connectivity index (χ3n) is 1.41. The van der Waals surface area contributed by atoms with Gasteiger partial charge < -0.3 is 0 Å². The van der Waals surface area contributed by atoms with Crippen LogP contribution in [0.25, 0.3) is 0 Å². The van der Waals surface area contributed by atoms with Crippen LogP contribution in [0.4, 0.5) is 5.69 Å². The quantitative estimate of drug-likeness (QED) is 0.514. The highest BCUT2D eigenvalue weighted by atomic mass is 16.5. The van der Waals surface area contributed by atoms with Crippen LogP contribution in [0.5, 0.6) is 0 Å². The minimum atomic E-state index is 0.00227. The predicted molar refractivity (Wildman–Crippen MR) is 40.8 cm³/mol. The molecule has 0 aliphatic heterocycles. The number of rotatable bonds is 2. The molecule has 1 radical (unpaired) electrons. The van der Waals surface area contributed by atoms with Gasteiger partial charge in [0.25, 0.3) is 0 Å². The fourth-order valence-corrected chi connectivity index (χ4v) is 0.773. The number of ketones is 1. The van der Waals surface area contributed by atoms with Gasteiger partial charge in [0.05, 0.1) is 5.69 Å². The summed E-state index contributed by atoms with van der Waals surface area (Å²) in [5.41, 5.74) is 2.81. The van der Waals surface area contributed by atoms with E-state index in [9.17, 15) is 10.0 Å². The molecule has 0 heterocycles. The van der Waals surface area contributed by atoms with Crippen molar-refractivity contribution in [3.05, 3.63) is 29.8 Å². The Labute approximate surface area is 64.6 Å². The maximum atomic E-state index is 10.7. The van der Waals surface area contributed by atoms with Crippen molar-refractivity contribution in [3.63, 3.8) is 0 Å². The summed E-state index contributed by atoms with van der Waals surface area (Å²) >= 11 is 0. The second kappa shape index (κ2) is 3.16. The van der Waals surface area contributed by atoms with Crippen molar-refractivity contribution in [1.82, 2.24) is 0 Å². The molecule has 0 unspecified atom stereocenters. The highest BCUT2D eigenvalue weighted by molar-refractivity contribution is 5.94. The highest BCUT2D eigenvalue weighted by Gasteiger charge is 1.97. The maximum absolute atomic E-state index is 10.7. The van der Waals surface area contributed by atoms with Crippen LogP contribution in [0.3, 0.4) is 0 Å². The number of benzene rings is 1. The topological polar surface area (TPSA) is 49.0 Å².